The molecule has 5 nitrogen and oxygen atoms in total. The second-order valence-corrected chi connectivity index (χ2v) is 6.96. The summed E-state index contributed by atoms with van der Waals surface area (Å²) in [6.07, 6.45) is 4.90. The molecule has 0 saturated carbocycles. The van der Waals surface area contributed by atoms with Crippen molar-refractivity contribution in [1.29, 1.82) is 0 Å². The minimum absolute atomic E-state index is 0.0582. The summed E-state index contributed by atoms with van der Waals surface area (Å²) >= 11 is 1.48. The standard InChI is InChI=1S/C14H24N4OS/c1-10(2)8-13-17-18-14(20-13)16-12(19)6-5-11-4-3-7-15-9-11/h10-11,15H,3-9H2,1-2H3,(H,16,18,19). The van der Waals surface area contributed by atoms with Crippen LogP contribution in [0.25, 0.3) is 0 Å². The van der Waals surface area contributed by atoms with Crippen molar-refractivity contribution in [2.24, 2.45) is 11.8 Å². The quantitative estimate of drug-likeness (QED) is 0.846. The van der Waals surface area contributed by atoms with Crippen LogP contribution in [-0.2, 0) is 11.2 Å². The van der Waals surface area contributed by atoms with Gasteiger partial charge in [0.1, 0.15) is 5.01 Å². The first-order valence-corrected chi connectivity index (χ1v) is 8.28. The van der Waals surface area contributed by atoms with Gasteiger partial charge in [-0.3, -0.25) is 4.79 Å². The van der Waals surface area contributed by atoms with E-state index in [4.69, 9.17) is 0 Å². The monoisotopic (exact) mass is 296 g/mol. The fraction of sp³-hybridized carbons (Fsp3) is 0.786. The van der Waals surface area contributed by atoms with Gasteiger partial charge in [-0.2, -0.15) is 0 Å². The van der Waals surface area contributed by atoms with E-state index in [1.54, 1.807) is 0 Å². The van der Waals surface area contributed by atoms with Crippen molar-refractivity contribution in [3.05, 3.63) is 5.01 Å². The number of nitrogens with one attached hydrogen (secondary N) is 2. The molecule has 1 amide bonds. The molecule has 1 aromatic rings. The van der Waals surface area contributed by atoms with Gasteiger partial charge >= 0.3 is 0 Å². The molecule has 2 heterocycles. The Morgan fingerprint density at radius 3 is 3.05 bits per heavy atom. The fourth-order valence-corrected chi connectivity index (χ4v) is 3.39. The molecule has 0 bridgehead atoms. The lowest BCUT2D eigenvalue weighted by Gasteiger charge is -2.22. The maximum Gasteiger partial charge on any atom is 0.226 e. The minimum atomic E-state index is 0.0582. The summed E-state index contributed by atoms with van der Waals surface area (Å²) in [7, 11) is 0. The Morgan fingerprint density at radius 1 is 1.50 bits per heavy atom. The number of aromatic nitrogens is 2. The maximum atomic E-state index is 11.9. The number of rotatable bonds is 6. The van der Waals surface area contributed by atoms with E-state index in [0.717, 1.165) is 30.9 Å². The smallest absolute Gasteiger partial charge is 0.226 e. The van der Waals surface area contributed by atoms with Gasteiger partial charge in [-0.05, 0) is 44.2 Å². The SMILES string of the molecule is CC(C)Cc1nnc(NC(=O)CCC2CCCNC2)s1. The van der Waals surface area contributed by atoms with Gasteiger partial charge in [-0.1, -0.05) is 25.2 Å². The van der Waals surface area contributed by atoms with Crippen molar-refractivity contribution in [3.63, 3.8) is 0 Å². The molecule has 1 unspecified atom stereocenters. The molecule has 0 radical (unpaired) electrons. The first-order valence-electron chi connectivity index (χ1n) is 7.46. The average Bonchev–Trinajstić information content (AvgIpc) is 2.84. The Labute approximate surface area is 124 Å². The molecule has 20 heavy (non-hydrogen) atoms. The summed E-state index contributed by atoms with van der Waals surface area (Å²) in [4.78, 5) is 11.9. The van der Waals surface area contributed by atoms with Crippen molar-refractivity contribution >= 4 is 22.4 Å². The number of nitrogens with zero attached hydrogens (tertiary/aromatic N) is 2. The summed E-state index contributed by atoms with van der Waals surface area (Å²) in [5, 5.41) is 16.0. The number of hydrogen-bond acceptors (Lipinski definition) is 5. The van der Waals surface area contributed by atoms with Crippen molar-refractivity contribution < 1.29 is 4.79 Å². The van der Waals surface area contributed by atoms with E-state index in [2.05, 4.69) is 34.7 Å². The van der Waals surface area contributed by atoms with E-state index >= 15 is 0 Å². The lowest BCUT2D eigenvalue weighted by molar-refractivity contribution is -0.116. The highest BCUT2D eigenvalue weighted by atomic mass is 32.1. The molecule has 1 aliphatic rings. The molecule has 2 N–H and O–H groups in total. The number of carbonyl (C=O) groups is 1. The number of piperidine rings is 1. The Bertz CT molecular complexity index is 427. The zero-order valence-electron chi connectivity index (χ0n) is 12.3. The summed E-state index contributed by atoms with van der Waals surface area (Å²) in [5.41, 5.74) is 0. The van der Waals surface area contributed by atoms with Crippen molar-refractivity contribution in [3.8, 4) is 0 Å². The van der Waals surface area contributed by atoms with Crippen LogP contribution in [0, 0.1) is 11.8 Å². The van der Waals surface area contributed by atoms with Crippen LogP contribution < -0.4 is 10.6 Å². The van der Waals surface area contributed by atoms with Crippen LogP contribution >= 0.6 is 11.3 Å². The summed E-state index contributed by atoms with van der Waals surface area (Å²) in [6.45, 7) is 6.46. The normalized spacial score (nSPS) is 19.2. The third-order valence-electron chi connectivity index (χ3n) is 3.47. The Kier molecular flexibility index (Phi) is 5.91. The first-order chi connectivity index (χ1) is 9.63. The Balaban J connectivity index is 1.72. The molecule has 1 fully saturated rings. The van der Waals surface area contributed by atoms with Gasteiger partial charge in [0, 0.05) is 12.8 Å². The predicted octanol–water partition coefficient (Wildman–Crippen LogP) is 2.45. The molecule has 0 aliphatic carbocycles. The van der Waals surface area contributed by atoms with Crippen molar-refractivity contribution in [1.82, 2.24) is 15.5 Å². The Hall–Kier alpha value is -1.01. The van der Waals surface area contributed by atoms with Crippen LogP contribution in [0.5, 0.6) is 0 Å². The van der Waals surface area contributed by atoms with E-state index in [-0.39, 0.29) is 5.91 Å². The van der Waals surface area contributed by atoms with Crippen LogP contribution in [0.2, 0.25) is 0 Å². The van der Waals surface area contributed by atoms with Crippen molar-refractivity contribution in [2.45, 2.75) is 46.0 Å². The van der Waals surface area contributed by atoms with Gasteiger partial charge in [-0.25, -0.2) is 0 Å². The lowest BCUT2D eigenvalue weighted by Crippen LogP contribution is -2.30. The largest absolute Gasteiger partial charge is 0.316 e. The zero-order chi connectivity index (χ0) is 14.4. The molecule has 1 atom stereocenters. The first kappa shape index (κ1) is 15.4. The molecule has 1 aromatic heterocycles. The molecule has 0 spiro atoms. The van der Waals surface area contributed by atoms with Gasteiger partial charge in [0.25, 0.3) is 0 Å². The molecular formula is C14H24N4OS. The molecule has 112 valence electrons. The van der Waals surface area contributed by atoms with E-state index in [1.165, 1.54) is 24.2 Å². The maximum absolute atomic E-state index is 11.9. The molecular weight excluding hydrogens is 272 g/mol. The van der Waals surface area contributed by atoms with Crippen LogP contribution in [-0.4, -0.2) is 29.2 Å². The number of anilines is 1. The molecule has 1 aliphatic heterocycles. The average molecular weight is 296 g/mol. The highest BCUT2D eigenvalue weighted by Crippen LogP contribution is 2.20. The van der Waals surface area contributed by atoms with Crippen molar-refractivity contribution in [2.75, 3.05) is 18.4 Å². The summed E-state index contributed by atoms with van der Waals surface area (Å²) < 4.78 is 0. The predicted molar refractivity (Wildman–Crippen MR) is 81.9 cm³/mol. The fourth-order valence-electron chi connectivity index (χ4n) is 2.42. The summed E-state index contributed by atoms with van der Waals surface area (Å²) in [5.74, 6) is 1.26. The minimum Gasteiger partial charge on any atom is -0.316 e. The van der Waals surface area contributed by atoms with E-state index in [0.29, 0.717) is 23.4 Å². The van der Waals surface area contributed by atoms with Crippen LogP contribution in [0.1, 0.15) is 44.5 Å². The van der Waals surface area contributed by atoms with Gasteiger partial charge in [0.15, 0.2) is 0 Å². The van der Waals surface area contributed by atoms with Gasteiger partial charge < -0.3 is 10.6 Å². The highest BCUT2D eigenvalue weighted by molar-refractivity contribution is 7.15. The van der Waals surface area contributed by atoms with Crippen LogP contribution in [0.15, 0.2) is 0 Å². The van der Waals surface area contributed by atoms with Crippen LogP contribution in [0.4, 0.5) is 5.13 Å². The Morgan fingerprint density at radius 2 is 2.35 bits per heavy atom. The molecule has 2 rings (SSSR count). The number of hydrogen-bond donors (Lipinski definition) is 2. The van der Waals surface area contributed by atoms with E-state index < -0.39 is 0 Å². The zero-order valence-corrected chi connectivity index (χ0v) is 13.1. The summed E-state index contributed by atoms with van der Waals surface area (Å²) in [6, 6.07) is 0. The molecule has 0 aromatic carbocycles. The number of amides is 1. The van der Waals surface area contributed by atoms with Gasteiger partial charge in [0.2, 0.25) is 11.0 Å². The lowest BCUT2D eigenvalue weighted by atomic mass is 9.94. The van der Waals surface area contributed by atoms with Crippen LogP contribution in [0.3, 0.4) is 0 Å². The second-order valence-electron chi connectivity index (χ2n) is 5.90. The van der Waals surface area contributed by atoms with Gasteiger partial charge in [0.05, 0.1) is 0 Å². The third-order valence-corrected chi connectivity index (χ3v) is 4.34. The molecule has 1 saturated heterocycles. The number of carbonyl (C=O) groups excluding carboxylic acids is 1. The van der Waals surface area contributed by atoms with E-state index in [9.17, 15) is 4.79 Å². The second kappa shape index (κ2) is 7.69. The third kappa shape index (κ3) is 5.17. The topological polar surface area (TPSA) is 66.9 Å². The molecule has 6 heteroatoms. The van der Waals surface area contributed by atoms with Gasteiger partial charge in [-0.15, -0.1) is 10.2 Å². The van der Waals surface area contributed by atoms with E-state index in [1.807, 2.05) is 0 Å². The highest BCUT2D eigenvalue weighted by Gasteiger charge is 2.15.